The van der Waals surface area contributed by atoms with Crippen molar-refractivity contribution >= 4 is 17.8 Å². The average Bonchev–Trinajstić information content (AvgIpc) is 2.54. The zero-order chi connectivity index (χ0) is 20.1. The van der Waals surface area contributed by atoms with Crippen molar-refractivity contribution in [2.45, 2.75) is 51.1 Å². The Hall–Kier alpha value is -2.30. The maximum atomic E-state index is 12.7. The number of rotatable bonds is 7. The molecule has 11 heteroatoms. The maximum absolute atomic E-state index is 12.7. The second-order valence-electron chi connectivity index (χ2n) is 5.77. The molecule has 3 unspecified atom stereocenters. The molecule has 0 radical (unpaired) electrons. The van der Waals surface area contributed by atoms with E-state index in [4.69, 9.17) is 15.6 Å². The molecule has 0 saturated carbocycles. The van der Waals surface area contributed by atoms with Gasteiger partial charge < -0.3 is 25.8 Å². The smallest absolute Gasteiger partial charge is 0.471 e. The first-order valence-corrected chi connectivity index (χ1v) is 8.06. The Kier molecular flexibility index (Phi) is 7.42. The van der Waals surface area contributed by atoms with Crippen LogP contribution in [0.15, 0.2) is 11.8 Å². The Morgan fingerprint density at radius 1 is 1.27 bits per heavy atom. The molecule has 0 aliphatic carbocycles. The van der Waals surface area contributed by atoms with E-state index in [1.54, 1.807) is 19.2 Å². The van der Waals surface area contributed by atoms with Gasteiger partial charge >= 0.3 is 18.1 Å². The molecule has 1 aliphatic heterocycles. The van der Waals surface area contributed by atoms with Gasteiger partial charge in [0.05, 0.1) is 12.1 Å². The molecule has 148 valence electrons. The summed E-state index contributed by atoms with van der Waals surface area (Å²) < 4.78 is 42.8. The Balaban J connectivity index is 3.18. The van der Waals surface area contributed by atoms with Crippen LogP contribution in [0.4, 0.5) is 13.2 Å². The van der Waals surface area contributed by atoms with Crippen LogP contribution >= 0.6 is 0 Å². The molecule has 26 heavy (non-hydrogen) atoms. The number of aliphatic carboxylic acids is 1. The molecule has 0 aromatic carbocycles. The molecule has 4 N–H and O–H groups in total. The molecule has 0 fully saturated rings. The number of nitrogens with zero attached hydrogens (tertiary/aromatic N) is 1. The number of carboxylic acids is 1. The highest BCUT2D eigenvalue weighted by Gasteiger charge is 2.47. The minimum Gasteiger partial charge on any atom is -0.475 e. The van der Waals surface area contributed by atoms with E-state index in [0.717, 1.165) is 6.08 Å². The normalized spacial score (nSPS) is 22.8. The van der Waals surface area contributed by atoms with Crippen LogP contribution < -0.4 is 11.1 Å². The van der Waals surface area contributed by atoms with Crippen molar-refractivity contribution < 1.29 is 37.4 Å². The lowest BCUT2D eigenvalue weighted by Crippen LogP contribution is -2.63. The number of carboxylic acid groups (broad SMARTS) is 1. The molecule has 1 rings (SSSR count). The summed E-state index contributed by atoms with van der Waals surface area (Å²) >= 11 is 0. The van der Waals surface area contributed by atoms with Gasteiger partial charge in [-0.05, 0) is 18.9 Å². The van der Waals surface area contributed by atoms with E-state index < -0.39 is 47.9 Å². The van der Waals surface area contributed by atoms with Gasteiger partial charge in [0, 0.05) is 13.1 Å². The summed E-state index contributed by atoms with van der Waals surface area (Å²) in [6.07, 6.45) is -4.85. The molecular formula is C15H22F3N3O5. The van der Waals surface area contributed by atoms with E-state index in [-0.39, 0.29) is 0 Å². The molecule has 0 bridgehead atoms. The molecule has 0 spiro atoms. The Morgan fingerprint density at radius 2 is 1.81 bits per heavy atom. The second kappa shape index (κ2) is 8.88. The third-order valence-electron chi connectivity index (χ3n) is 3.65. The summed E-state index contributed by atoms with van der Waals surface area (Å²) in [5, 5.41) is 10.7. The van der Waals surface area contributed by atoms with Crippen molar-refractivity contribution in [2.24, 2.45) is 5.73 Å². The van der Waals surface area contributed by atoms with E-state index in [1.807, 2.05) is 0 Å². The Labute approximate surface area is 148 Å². The number of nitrogens with two attached hydrogens (primary N) is 1. The molecule has 8 nitrogen and oxygen atoms in total. The highest BCUT2D eigenvalue weighted by Crippen LogP contribution is 2.22. The second-order valence-corrected chi connectivity index (χ2v) is 5.77. The first-order valence-electron chi connectivity index (χ1n) is 8.06. The van der Waals surface area contributed by atoms with E-state index in [9.17, 15) is 27.6 Å². The van der Waals surface area contributed by atoms with Crippen LogP contribution in [0.2, 0.25) is 0 Å². The maximum Gasteiger partial charge on any atom is 0.471 e. The van der Waals surface area contributed by atoms with Gasteiger partial charge in [-0.3, -0.25) is 9.59 Å². The number of carbonyl (C=O) groups is 3. The SMILES string of the molecule is CCCN(CCC)C(=O)C1OC(C(=O)O)=CC(N)C1NC(=O)C(F)(F)F. The lowest BCUT2D eigenvalue weighted by molar-refractivity contribution is -0.176. The van der Waals surface area contributed by atoms with Crippen LogP contribution in [0.3, 0.4) is 0 Å². The van der Waals surface area contributed by atoms with E-state index in [1.165, 1.54) is 4.90 Å². The molecule has 2 amide bonds. The van der Waals surface area contributed by atoms with Crippen molar-refractivity contribution in [3.63, 3.8) is 0 Å². The van der Waals surface area contributed by atoms with Gasteiger partial charge in [0.2, 0.25) is 5.76 Å². The number of halogens is 3. The fourth-order valence-corrected chi connectivity index (χ4v) is 2.51. The fraction of sp³-hybridized carbons (Fsp3) is 0.667. The summed E-state index contributed by atoms with van der Waals surface area (Å²) in [4.78, 5) is 36.5. The van der Waals surface area contributed by atoms with Crippen molar-refractivity contribution in [1.29, 1.82) is 0 Å². The van der Waals surface area contributed by atoms with Crippen molar-refractivity contribution in [1.82, 2.24) is 10.2 Å². The van der Waals surface area contributed by atoms with Crippen LogP contribution in [0.1, 0.15) is 26.7 Å². The first kappa shape index (κ1) is 21.7. The van der Waals surface area contributed by atoms with Crippen molar-refractivity contribution in [2.75, 3.05) is 13.1 Å². The number of nitrogens with one attached hydrogen (secondary N) is 1. The molecule has 0 aromatic heterocycles. The standard InChI is InChI=1S/C15H22F3N3O5/c1-3-5-21(6-4-2)12(22)11-10(20-14(25)15(16,17)18)8(19)7-9(26-11)13(23)24/h7-8,10-11H,3-6,19H2,1-2H3,(H,20,25)(H,23,24). The number of alkyl halides is 3. The minimum atomic E-state index is -5.18. The van der Waals surface area contributed by atoms with E-state index in [0.29, 0.717) is 25.9 Å². The summed E-state index contributed by atoms with van der Waals surface area (Å²) in [6, 6.07) is -2.91. The van der Waals surface area contributed by atoms with Gasteiger partial charge in [0.1, 0.15) is 0 Å². The number of hydrogen-bond donors (Lipinski definition) is 3. The number of hydrogen-bond acceptors (Lipinski definition) is 5. The molecule has 0 saturated heterocycles. The Morgan fingerprint density at radius 3 is 2.23 bits per heavy atom. The molecule has 0 aromatic rings. The van der Waals surface area contributed by atoms with Crippen LogP contribution in [-0.4, -0.2) is 65.2 Å². The summed E-state index contributed by atoms with van der Waals surface area (Å²) in [5.74, 6) is -5.19. The number of amides is 2. The predicted molar refractivity (Wildman–Crippen MR) is 83.7 cm³/mol. The van der Waals surface area contributed by atoms with Crippen molar-refractivity contribution in [3.05, 3.63) is 11.8 Å². The van der Waals surface area contributed by atoms with Crippen LogP contribution in [0.5, 0.6) is 0 Å². The lowest BCUT2D eigenvalue weighted by atomic mass is 9.97. The molecule has 3 atom stereocenters. The summed E-state index contributed by atoms with van der Waals surface area (Å²) in [5.41, 5.74) is 5.70. The fourth-order valence-electron chi connectivity index (χ4n) is 2.51. The zero-order valence-corrected chi connectivity index (χ0v) is 14.4. The van der Waals surface area contributed by atoms with Gasteiger partial charge in [-0.25, -0.2) is 4.79 Å². The minimum absolute atomic E-state index is 0.299. The summed E-state index contributed by atoms with van der Waals surface area (Å²) in [6.45, 7) is 4.20. The topological polar surface area (TPSA) is 122 Å². The Bertz CT molecular complexity index is 573. The molecule has 1 heterocycles. The van der Waals surface area contributed by atoms with Crippen LogP contribution in [-0.2, 0) is 19.1 Å². The third kappa shape index (κ3) is 5.35. The lowest BCUT2D eigenvalue weighted by Gasteiger charge is -2.37. The van der Waals surface area contributed by atoms with Crippen molar-refractivity contribution in [3.8, 4) is 0 Å². The van der Waals surface area contributed by atoms with Gasteiger partial charge in [-0.2, -0.15) is 13.2 Å². The monoisotopic (exact) mass is 381 g/mol. The number of ether oxygens (including phenoxy) is 1. The van der Waals surface area contributed by atoms with Gasteiger partial charge in [-0.1, -0.05) is 13.8 Å². The van der Waals surface area contributed by atoms with Crippen LogP contribution in [0.25, 0.3) is 0 Å². The highest BCUT2D eigenvalue weighted by atomic mass is 19.4. The predicted octanol–water partition coefficient (Wildman–Crippen LogP) is 0.377. The first-order chi connectivity index (χ1) is 12.0. The zero-order valence-electron chi connectivity index (χ0n) is 14.4. The van der Waals surface area contributed by atoms with Crippen LogP contribution in [0, 0.1) is 0 Å². The molecular weight excluding hydrogens is 359 g/mol. The summed E-state index contributed by atoms with van der Waals surface area (Å²) in [7, 11) is 0. The van der Waals surface area contributed by atoms with E-state index in [2.05, 4.69) is 0 Å². The number of carbonyl (C=O) groups excluding carboxylic acids is 2. The largest absolute Gasteiger partial charge is 0.475 e. The average molecular weight is 381 g/mol. The van der Waals surface area contributed by atoms with Gasteiger partial charge in [0.25, 0.3) is 5.91 Å². The quantitative estimate of drug-likeness (QED) is 0.586. The van der Waals surface area contributed by atoms with Gasteiger partial charge in [0.15, 0.2) is 6.10 Å². The molecule has 1 aliphatic rings. The third-order valence-corrected chi connectivity index (χ3v) is 3.65. The highest BCUT2D eigenvalue weighted by molar-refractivity contribution is 5.89. The van der Waals surface area contributed by atoms with E-state index >= 15 is 0 Å². The van der Waals surface area contributed by atoms with Gasteiger partial charge in [-0.15, -0.1) is 0 Å².